The molecule has 0 aromatic heterocycles. The maximum absolute atomic E-state index is 13.6. The van der Waals surface area contributed by atoms with Crippen LogP contribution in [-0.4, -0.2) is 46.1 Å². The Morgan fingerprint density at radius 3 is 1.58 bits per heavy atom. The van der Waals surface area contributed by atoms with Crippen molar-refractivity contribution in [1.29, 1.82) is 0 Å². The highest BCUT2D eigenvalue weighted by atomic mass is 31.2. The Kier molecular flexibility index (Phi) is 7.72. The first-order valence-electron chi connectivity index (χ1n) is 8.47. The van der Waals surface area contributed by atoms with Crippen LogP contribution < -0.4 is 0 Å². The summed E-state index contributed by atoms with van der Waals surface area (Å²) in [4.78, 5) is 13.7. The summed E-state index contributed by atoms with van der Waals surface area (Å²) in [5, 5.41) is 9.80. The van der Waals surface area contributed by atoms with Gasteiger partial charge < -0.3 is 14.2 Å². The molecule has 0 saturated heterocycles. The van der Waals surface area contributed by atoms with E-state index in [9.17, 15) is 14.5 Å². The Hall–Kier alpha value is -0.420. The average Bonchev–Trinajstić information content (AvgIpc) is 2.32. The van der Waals surface area contributed by atoms with Crippen LogP contribution in [-0.2, 0) is 18.4 Å². The third kappa shape index (κ3) is 5.29. The van der Waals surface area contributed by atoms with Crippen LogP contribution >= 0.6 is 7.60 Å². The Labute approximate surface area is 147 Å². The number of carboxylic acid groups (broad SMARTS) is 1. The normalized spacial score (nSPS) is 15.6. The lowest BCUT2D eigenvalue weighted by atomic mass is 9.87. The van der Waals surface area contributed by atoms with Crippen LogP contribution in [0.1, 0.15) is 69.2 Å². The smallest absolute Gasteiger partial charge is 0.348 e. The number of nitrogens with zero attached hydrogens (tertiary/aromatic N) is 1. The first kappa shape index (κ1) is 23.6. The number of rotatable bonds is 8. The molecule has 0 aliphatic heterocycles. The predicted octanol–water partition coefficient (Wildman–Crippen LogP) is 4.59. The Bertz CT molecular complexity index is 466. The van der Waals surface area contributed by atoms with Gasteiger partial charge in [-0.3, -0.25) is 14.3 Å². The van der Waals surface area contributed by atoms with Gasteiger partial charge in [0.05, 0.1) is 13.2 Å². The molecule has 6 nitrogen and oxygen atoms in total. The van der Waals surface area contributed by atoms with Crippen molar-refractivity contribution < 1.29 is 23.5 Å². The van der Waals surface area contributed by atoms with E-state index in [-0.39, 0.29) is 13.2 Å². The molecule has 0 aromatic rings. The van der Waals surface area contributed by atoms with E-state index in [4.69, 9.17) is 9.05 Å². The average molecular weight is 365 g/mol. The molecule has 0 aliphatic carbocycles. The van der Waals surface area contributed by atoms with Gasteiger partial charge in [0, 0.05) is 5.54 Å². The maximum atomic E-state index is 13.6. The zero-order valence-corrected chi connectivity index (χ0v) is 17.9. The highest BCUT2D eigenvalue weighted by Crippen LogP contribution is 2.61. The predicted molar refractivity (Wildman–Crippen MR) is 97.4 cm³/mol. The Morgan fingerprint density at radius 2 is 1.38 bits per heavy atom. The SMILES string of the molecule is CCOP(=O)(OCC)C(N(C(C)(C)C)C(C)(C)C(=O)O)C(C)(C)C. The third-order valence-electron chi connectivity index (χ3n) is 3.79. The van der Waals surface area contributed by atoms with Crippen LogP contribution in [0.15, 0.2) is 0 Å². The summed E-state index contributed by atoms with van der Waals surface area (Å²) in [6.45, 7) is 18.8. The molecule has 0 aliphatic rings. The maximum Gasteiger partial charge on any atom is 0.348 e. The van der Waals surface area contributed by atoms with E-state index < -0.39 is 35.8 Å². The summed E-state index contributed by atoms with van der Waals surface area (Å²) in [6, 6.07) is 0. The van der Waals surface area contributed by atoms with Gasteiger partial charge in [-0.1, -0.05) is 20.8 Å². The van der Waals surface area contributed by atoms with E-state index >= 15 is 0 Å². The van der Waals surface area contributed by atoms with Crippen molar-refractivity contribution in [2.45, 2.75) is 86.1 Å². The largest absolute Gasteiger partial charge is 0.480 e. The molecule has 0 rings (SSSR count). The fraction of sp³-hybridized carbons (Fsp3) is 0.941. The molecule has 0 heterocycles. The number of carbonyl (C=O) groups is 1. The molecule has 1 unspecified atom stereocenters. The fourth-order valence-corrected chi connectivity index (χ4v) is 6.10. The third-order valence-corrected chi connectivity index (χ3v) is 6.63. The van der Waals surface area contributed by atoms with Gasteiger partial charge in [-0.25, -0.2) is 0 Å². The van der Waals surface area contributed by atoms with Crippen molar-refractivity contribution in [3.05, 3.63) is 0 Å². The standard InChI is InChI=1S/C17H36NO5P/c1-11-22-24(21,23-12-2)13(15(3,4)5)18(16(6,7)8)17(9,10)14(19)20/h13H,11-12H2,1-10H3,(H,19,20). The molecule has 0 radical (unpaired) electrons. The van der Waals surface area contributed by atoms with Crippen molar-refractivity contribution in [3.8, 4) is 0 Å². The number of hydrogen-bond acceptors (Lipinski definition) is 5. The Morgan fingerprint density at radius 1 is 1.00 bits per heavy atom. The molecule has 24 heavy (non-hydrogen) atoms. The molecule has 0 bridgehead atoms. The van der Waals surface area contributed by atoms with Crippen LogP contribution in [0.2, 0.25) is 0 Å². The molecule has 0 saturated carbocycles. The van der Waals surface area contributed by atoms with Gasteiger partial charge >= 0.3 is 13.6 Å². The second-order valence-electron chi connectivity index (χ2n) is 8.52. The summed E-state index contributed by atoms with van der Waals surface area (Å²) < 4.78 is 24.9. The minimum atomic E-state index is -3.58. The molecular formula is C17H36NO5P. The van der Waals surface area contributed by atoms with Gasteiger partial charge in [-0.15, -0.1) is 0 Å². The van der Waals surface area contributed by atoms with Gasteiger partial charge in [0.2, 0.25) is 0 Å². The van der Waals surface area contributed by atoms with Crippen molar-refractivity contribution in [1.82, 2.24) is 4.90 Å². The lowest BCUT2D eigenvalue weighted by molar-refractivity contribution is -0.156. The molecule has 144 valence electrons. The molecule has 0 fully saturated rings. The van der Waals surface area contributed by atoms with Crippen molar-refractivity contribution in [3.63, 3.8) is 0 Å². The number of aliphatic carboxylic acids is 1. The Balaban J connectivity index is 6.57. The van der Waals surface area contributed by atoms with Crippen LogP contribution in [0.4, 0.5) is 0 Å². The highest BCUT2D eigenvalue weighted by molar-refractivity contribution is 7.54. The zero-order valence-electron chi connectivity index (χ0n) is 17.0. The fourth-order valence-electron chi connectivity index (χ4n) is 3.16. The van der Waals surface area contributed by atoms with E-state index in [1.54, 1.807) is 32.6 Å². The summed E-state index contributed by atoms with van der Waals surface area (Å²) in [7, 11) is -3.58. The van der Waals surface area contributed by atoms with Crippen LogP contribution in [0.5, 0.6) is 0 Å². The zero-order chi connectivity index (χ0) is 19.6. The molecule has 7 heteroatoms. The molecular weight excluding hydrogens is 329 g/mol. The summed E-state index contributed by atoms with van der Waals surface area (Å²) in [6.07, 6.45) is 0. The second kappa shape index (κ2) is 7.86. The molecule has 0 amide bonds. The van der Waals surface area contributed by atoms with Gasteiger partial charge in [-0.2, -0.15) is 0 Å². The van der Waals surface area contributed by atoms with Crippen LogP contribution in [0.3, 0.4) is 0 Å². The van der Waals surface area contributed by atoms with Crippen LogP contribution in [0, 0.1) is 5.41 Å². The van der Waals surface area contributed by atoms with Crippen molar-refractivity contribution in [2.24, 2.45) is 5.41 Å². The second-order valence-corrected chi connectivity index (χ2v) is 10.6. The lowest BCUT2D eigenvalue weighted by Gasteiger charge is -2.54. The van der Waals surface area contributed by atoms with Gasteiger partial charge in [0.25, 0.3) is 0 Å². The monoisotopic (exact) mass is 365 g/mol. The summed E-state index contributed by atoms with van der Waals surface area (Å²) in [5.41, 5.74) is -2.34. The van der Waals surface area contributed by atoms with Gasteiger partial charge in [0.15, 0.2) is 0 Å². The highest BCUT2D eigenvalue weighted by Gasteiger charge is 2.56. The molecule has 1 N–H and O–H groups in total. The van der Waals surface area contributed by atoms with E-state index in [2.05, 4.69) is 0 Å². The number of hydrogen-bond donors (Lipinski definition) is 1. The number of carboxylic acids is 1. The first-order valence-corrected chi connectivity index (χ1v) is 10.1. The van der Waals surface area contributed by atoms with E-state index in [1.165, 1.54) is 0 Å². The molecule has 0 spiro atoms. The van der Waals surface area contributed by atoms with Crippen molar-refractivity contribution in [2.75, 3.05) is 13.2 Å². The van der Waals surface area contributed by atoms with Gasteiger partial charge in [-0.05, 0) is 53.9 Å². The van der Waals surface area contributed by atoms with E-state index in [0.717, 1.165) is 0 Å². The summed E-state index contributed by atoms with van der Waals surface area (Å²) >= 11 is 0. The lowest BCUT2D eigenvalue weighted by Crippen LogP contribution is -2.64. The topological polar surface area (TPSA) is 76.1 Å². The quantitative estimate of drug-likeness (QED) is 0.634. The summed E-state index contributed by atoms with van der Waals surface area (Å²) in [5.74, 6) is -1.69. The van der Waals surface area contributed by atoms with Gasteiger partial charge in [0.1, 0.15) is 11.3 Å². The van der Waals surface area contributed by atoms with E-state index in [1.807, 2.05) is 41.5 Å². The van der Waals surface area contributed by atoms with E-state index in [0.29, 0.717) is 0 Å². The minimum absolute atomic E-state index is 0.231. The molecule has 1 atom stereocenters. The molecule has 0 aromatic carbocycles. The minimum Gasteiger partial charge on any atom is -0.480 e. The van der Waals surface area contributed by atoms with Crippen LogP contribution in [0.25, 0.3) is 0 Å². The first-order chi connectivity index (χ1) is 10.6. The van der Waals surface area contributed by atoms with Crippen molar-refractivity contribution >= 4 is 13.6 Å².